The van der Waals surface area contributed by atoms with Crippen molar-refractivity contribution in [3.63, 3.8) is 0 Å². The van der Waals surface area contributed by atoms with Crippen LogP contribution in [0.25, 0.3) is 0 Å². The van der Waals surface area contributed by atoms with Crippen molar-refractivity contribution in [2.75, 3.05) is 27.3 Å². The summed E-state index contributed by atoms with van der Waals surface area (Å²) in [5, 5.41) is 0. The number of benzene rings is 2. The van der Waals surface area contributed by atoms with Crippen molar-refractivity contribution in [3.05, 3.63) is 104 Å². The van der Waals surface area contributed by atoms with Crippen molar-refractivity contribution in [1.82, 2.24) is 19.8 Å². The fourth-order valence-corrected chi connectivity index (χ4v) is 6.18. The lowest BCUT2D eigenvalue weighted by atomic mass is 10.2. The van der Waals surface area contributed by atoms with Crippen molar-refractivity contribution in [2.45, 2.75) is 65.1 Å². The Balaban J connectivity index is 0.000000185. The van der Waals surface area contributed by atoms with Gasteiger partial charge in [0.15, 0.2) is 0 Å². The maximum atomic E-state index is 13.8. The number of hydrogen-bond acceptors (Lipinski definition) is 8. The van der Waals surface area contributed by atoms with E-state index in [0.29, 0.717) is 22.5 Å². The second-order valence-corrected chi connectivity index (χ2v) is 13.4. The second-order valence-electron chi connectivity index (χ2n) is 11.6. The summed E-state index contributed by atoms with van der Waals surface area (Å²) in [7, 11) is 3.34. The standard InChI is InChI=1S/C18H20BrFN2O2.C18H21BrN2O2/c1-3-13-10-22(9-12-4-6-14(23-2)7-5-12)11-16-17(24-13)8-15(19)18(20)21-16;1-3-15-11-21(10-13-4-6-16(22-2)7-5-13)12-17-18(23-15)8-14(19)9-20-17/h4-8,13H,3,9-11H2,1-2H3;4-9,15H,3,10-12H2,1-2H3/t13-;15-/m11/s1. The lowest BCUT2D eigenvalue weighted by Gasteiger charge is -2.23. The number of rotatable bonds is 8. The molecule has 2 aliphatic heterocycles. The molecule has 2 aromatic heterocycles. The van der Waals surface area contributed by atoms with Gasteiger partial charge in [-0.3, -0.25) is 14.8 Å². The second kappa shape index (κ2) is 16.7. The Kier molecular flexibility index (Phi) is 12.5. The molecule has 0 N–H and O–H groups in total. The van der Waals surface area contributed by atoms with Gasteiger partial charge in [0.05, 0.1) is 30.1 Å². The topological polar surface area (TPSA) is 69.2 Å². The van der Waals surface area contributed by atoms with E-state index in [4.69, 9.17) is 18.9 Å². The molecule has 0 spiro atoms. The van der Waals surface area contributed by atoms with Gasteiger partial charge < -0.3 is 18.9 Å². The van der Waals surface area contributed by atoms with Crippen LogP contribution in [0.4, 0.5) is 4.39 Å². The molecule has 250 valence electrons. The summed E-state index contributed by atoms with van der Waals surface area (Å²) in [6.07, 6.45) is 3.94. The zero-order valence-electron chi connectivity index (χ0n) is 27.2. The number of halogens is 3. The number of hydrogen-bond donors (Lipinski definition) is 0. The smallest absolute Gasteiger partial charge is 0.227 e. The Morgan fingerprint density at radius 1 is 0.766 bits per heavy atom. The van der Waals surface area contributed by atoms with Crippen LogP contribution in [0.2, 0.25) is 0 Å². The third-order valence-corrected chi connectivity index (χ3v) is 9.16. The molecule has 6 rings (SSSR count). The van der Waals surface area contributed by atoms with E-state index in [1.54, 1.807) is 20.3 Å². The van der Waals surface area contributed by atoms with Crippen molar-refractivity contribution >= 4 is 31.9 Å². The zero-order valence-corrected chi connectivity index (χ0v) is 30.4. The van der Waals surface area contributed by atoms with E-state index in [2.05, 4.69) is 77.6 Å². The summed E-state index contributed by atoms with van der Waals surface area (Å²) in [6.45, 7) is 8.91. The van der Waals surface area contributed by atoms with Crippen LogP contribution in [0.1, 0.15) is 49.2 Å². The summed E-state index contributed by atoms with van der Waals surface area (Å²) in [4.78, 5) is 13.2. The maximum absolute atomic E-state index is 13.8. The van der Waals surface area contributed by atoms with Crippen molar-refractivity contribution < 1.29 is 23.3 Å². The first-order valence-electron chi connectivity index (χ1n) is 15.8. The van der Waals surface area contributed by atoms with Crippen molar-refractivity contribution in [2.24, 2.45) is 0 Å². The van der Waals surface area contributed by atoms with Crippen molar-refractivity contribution in [1.29, 1.82) is 0 Å². The molecule has 0 saturated carbocycles. The number of fused-ring (bicyclic) bond motifs is 2. The average molecular weight is 773 g/mol. The van der Waals surface area contributed by atoms with E-state index >= 15 is 0 Å². The van der Waals surface area contributed by atoms with Crippen LogP contribution in [0.5, 0.6) is 23.0 Å². The van der Waals surface area contributed by atoms with Crippen LogP contribution in [0, 0.1) is 5.95 Å². The first-order valence-corrected chi connectivity index (χ1v) is 17.4. The van der Waals surface area contributed by atoms with Gasteiger partial charge in [0.25, 0.3) is 0 Å². The average Bonchev–Trinajstić information content (AvgIpc) is 3.36. The molecule has 11 heteroatoms. The Morgan fingerprint density at radius 2 is 1.26 bits per heavy atom. The van der Waals surface area contributed by atoms with E-state index in [0.717, 1.165) is 73.0 Å². The predicted molar refractivity (Wildman–Crippen MR) is 187 cm³/mol. The molecule has 0 saturated heterocycles. The van der Waals surface area contributed by atoms with Crippen LogP contribution in [-0.4, -0.2) is 59.3 Å². The molecule has 0 amide bonds. The summed E-state index contributed by atoms with van der Waals surface area (Å²) < 4.78 is 37.7. The highest BCUT2D eigenvalue weighted by Gasteiger charge is 2.25. The highest BCUT2D eigenvalue weighted by molar-refractivity contribution is 9.10. The van der Waals surface area contributed by atoms with E-state index in [-0.39, 0.29) is 12.2 Å². The lowest BCUT2D eigenvalue weighted by Crippen LogP contribution is -2.32. The normalized spacial score (nSPS) is 17.9. The SMILES string of the molecule is CC[C@@H]1CN(Cc2ccc(OC)cc2)Cc2nc(F)c(Br)cc2O1.CC[C@@H]1CN(Cc2ccc(OC)cc2)Cc2ncc(Br)cc2O1. The van der Waals surface area contributed by atoms with Gasteiger partial charge in [0.2, 0.25) is 5.95 Å². The fraction of sp³-hybridized carbons (Fsp3) is 0.389. The zero-order chi connectivity index (χ0) is 33.3. The van der Waals surface area contributed by atoms with Crippen LogP contribution in [0.3, 0.4) is 0 Å². The number of nitrogens with zero attached hydrogens (tertiary/aromatic N) is 4. The third kappa shape index (κ3) is 9.65. The fourth-order valence-electron chi connectivity index (χ4n) is 5.58. The lowest BCUT2D eigenvalue weighted by molar-refractivity contribution is 0.139. The molecule has 2 aliphatic rings. The Hall–Kier alpha value is -3.25. The molecule has 0 bridgehead atoms. The summed E-state index contributed by atoms with van der Waals surface area (Å²) in [5.41, 5.74) is 4.07. The number of ether oxygens (including phenoxy) is 4. The molecule has 0 aliphatic carbocycles. The van der Waals surface area contributed by atoms with Crippen LogP contribution >= 0.6 is 31.9 Å². The van der Waals surface area contributed by atoms with Crippen LogP contribution in [0.15, 0.2) is 75.8 Å². The molecule has 0 unspecified atom stereocenters. The Morgan fingerprint density at radius 3 is 1.74 bits per heavy atom. The largest absolute Gasteiger partial charge is 0.497 e. The summed E-state index contributed by atoms with van der Waals surface area (Å²) >= 11 is 6.65. The first kappa shape index (κ1) is 35.1. The van der Waals surface area contributed by atoms with Gasteiger partial charge in [-0.05, 0) is 86.2 Å². The van der Waals surface area contributed by atoms with Crippen LogP contribution in [-0.2, 0) is 26.2 Å². The minimum atomic E-state index is -0.503. The quantitative estimate of drug-likeness (QED) is 0.166. The molecule has 2 atom stereocenters. The minimum absolute atomic E-state index is 0.0589. The van der Waals surface area contributed by atoms with E-state index < -0.39 is 5.95 Å². The van der Waals surface area contributed by atoms with Crippen LogP contribution < -0.4 is 18.9 Å². The summed E-state index contributed by atoms with van der Waals surface area (Å²) in [6, 6.07) is 19.9. The molecule has 4 heterocycles. The molecule has 0 fully saturated rings. The number of methoxy groups -OCH3 is 2. The van der Waals surface area contributed by atoms with Gasteiger partial charge >= 0.3 is 0 Å². The summed E-state index contributed by atoms with van der Waals surface area (Å²) in [5.74, 6) is 2.77. The maximum Gasteiger partial charge on any atom is 0.227 e. The monoisotopic (exact) mass is 770 g/mol. The predicted octanol–water partition coefficient (Wildman–Crippen LogP) is 8.19. The highest BCUT2D eigenvalue weighted by Crippen LogP contribution is 2.31. The Bertz CT molecular complexity index is 1610. The molecular formula is C36H41Br2FN4O4. The third-order valence-electron chi connectivity index (χ3n) is 8.17. The van der Waals surface area contributed by atoms with Gasteiger partial charge in [0.1, 0.15) is 35.2 Å². The molecule has 0 radical (unpaired) electrons. The van der Waals surface area contributed by atoms with Gasteiger partial charge in [-0.25, -0.2) is 4.98 Å². The molecule has 2 aromatic carbocycles. The van der Waals surface area contributed by atoms with E-state index in [9.17, 15) is 4.39 Å². The molecule has 8 nitrogen and oxygen atoms in total. The highest BCUT2D eigenvalue weighted by atomic mass is 79.9. The van der Waals surface area contributed by atoms with E-state index in [1.807, 2.05) is 48.7 Å². The Labute approximate surface area is 293 Å². The molecule has 4 aromatic rings. The van der Waals surface area contributed by atoms with Gasteiger partial charge in [0, 0.05) is 56.0 Å². The van der Waals surface area contributed by atoms with Gasteiger partial charge in [-0.15, -0.1) is 0 Å². The first-order chi connectivity index (χ1) is 22.8. The van der Waals surface area contributed by atoms with Gasteiger partial charge in [-0.2, -0.15) is 4.39 Å². The van der Waals surface area contributed by atoms with Gasteiger partial charge in [-0.1, -0.05) is 38.1 Å². The number of pyridine rings is 2. The van der Waals surface area contributed by atoms with Crippen molar-refractivity contribution in [3.8, 4) is 23.0 Å². The molecular weight excluding hydrogens is 731 g/mol. The minimum Gasteiger partial charge on any atom is -0.497 e. The number of aromatic nitrogens is 2. The molecule has 47 heavy (non-hydrogen) atoms. The van der Waals surface area contributed by atoms with E-state index in [1.165, 1.54) is 11.1 Å².